The Bertz CT molecular complexity index is 1350. The van der Waals surface area contributed by atoms with E-state index in [4.69, 9.17) is 4.98 Å². The van der Waals surface area contributed by atoms with Crippen molar-refractivity contribution >= 4 is 0 Å². The van der Waals surface area contributed by atoms with Crippen LogP contribution in [0.4, 0.5) is 8.78 Å². The molecular formula is C26H26F2N6O. The van der Waals surface area contributed by atoms with Crippen molar-refractivity contribution in [2.75, 3.05) is 0 Å². The summed E-state index contributed by atoms with van der Waals surface area (Å²) in [6.45, 7) is 5.97. The molecule has 1 aromatic carbocycles. The van der Waals surface area contributed by atoms with Crippen LogP contribution in [0.5, 0.6) is 0 Å². The number of halogens is 2. The van der Waals surface area contributed by atoms with E-state index in [1.165, 1.54) is 18.2 Å². The highest BCUT2D eigenvalue weighted by Crippen LogP contribution is 2.34. The topological polar surface area (TPSA) is 89.6 Å². The molecule has 7 nitrogen and oxygen atoms in total. The lowest BCUT2D eigenvalue weighted by atomic mass is 9.90. The average Bonchev–Trinajstić information content (AvgIpc) is 3.31. The Morgan fingerprint density at radius 2 is 1.74 bits per heavy atom. The Morgan fingerprint density at radius 1 is 1.00 bits per heavy atom. The molecule has 1 fully saturated rings. The summed E-state index contributed by atoms with van der Waals surface area (Å²) in [5.41, 5.74) is 3.74. The predicted molar refractivity (Wildman–Crippen MR) is 127 cm³/mol. The number of benzene rings is 1. The van der Waals surface area contributed by atoms with Gasteiger partial charge in [-0.05, 0) is 42.5 Å². The van der Waals surface area contributed by atoms with E-state index in [1.807, 2.05) is 31.6 Å². The maximum absolute atomic E-state index is 14.4. The third-order valence-electron chi connectivity index (χ3n) is 6.56. The molecule has 0 bridgehead atoms. The van der Waals surface area contributed by atoms with Gasteiger partial charge in [0.15, 0.2) is 0 Å². The van der Waals surface area contributed by atoms with E-state index in [9.17, 15) is 13.9 Å². The van der Waals surface area contributed by atoms with E-state index in [1.54, 1.807) is 24.7 Å². The van der Waals surface area contributed by atoms with Gasteiger partial charge in [-0.2, -0.15) is 15.3 Å². The first-order chi connectivity index (χ1) is 16.8. The lowest BCUT2D eigenvalue weighted by molar-refractivity contribution is 0.0434. The summed E-state index contributed by atoms with van der Waals surface area (Å²) in [6.07, 6.45) is 8.20. The second-order valence-electron chi connectivity index (χ2n) is 9.36. The summed E-state index contributed by atoms with van der Waals surface area (Å²) in [5, 5.41) is 22.6. The molecule has 35 heavy (non-hydrogen) atoms. The van der Waals surface area contributed by atoms with E-state index in [0.29, 0.717) is 29.9 Å². The Balaban J connectivity index is 1.47. The summed E-state index contributed by atoms with van der Waals surface area (Å²) in [4.78, 5) is 9.19. The van der Waals surface area contributed by atoms with E-state index in [-0.39, 0.29) is 35.2 Å². The molecule has 3 aromatic heterocycles. The molecule has 9 heteroatoms. The monoisotopic (exact) mass is 476 g/mol. The molecule has 4 aromatic rings. The standard InChI is InChI=1S/C26H26F2N6O/c1-14(2)19-9-22(25-20(27)5-4-6-21(25)28)32-33-26(19)15(3)23-11-29-12-24(31-23)16-10-30-34(13-16)17-7-18(35)8-17/h4-6,9-15,17-18,35H,7-8H2,1-3H3. The first kappa shape index (κ1) is 23.2. The van der Waals surface area contributed by atoms with Gasteiger partial charge in [0.1, 0.15) is 11.6 Å². The van der Waals surface area contributed by atoms with Gasteiger partial charge < -0.3 is 5.11 Å². The summed E-state index contributed by atoms with van der Waals surface area (Å²) in [6, 6.07) is 5.66. The fraction of sp³-hybridized carbons (Fsp3) is 0.346. The number of rotatable bonds is 6. The SMILES string of the molecule is CC(C)c1cc(-c2c(F)cccc2F)nnc1C(C)c1cncc(-c2cnn(C3CC(O)C3)c2)n1. The van der Waals surface area contributed by atoms with Crippen molar-refractivity contribution in [2.24, 2.45) is 0 Å². The zero-order valence-corrected chi connectivity index (χ0v) is 19.7. The molecular weight excluding hydrogens is 450 g/mol. The van der Waals surface area contributed by atoms with Gasteiger partial charge in [-0.3, -0.25) is 9.67 Å². The fourth-order valence-electron chi connectivity index (χ4n) is 4.39. The van der Waals surface area contributed by atoms with Gasteiger partial charge in [-0.1, -0.05) is 26.8 Å². The smallest absolute Gasteiger partial charge is 0.135 e. The molecule has 3 heterocycles. The van der Waals surface area contributed by atoms with Crippen LogP contribution in [-0.2, 0) is 0 Å². The first-order valence-corrected chi connectivity index (χ1v) is 11.7. The minimum atomic E-state index is -0.676. The van der Waals surface area contributed by atoms with Crippen LogP contribution in [-0.4, -0.2) is 41.2 Å². The van der Waals surface area contributed by atoms with Crippen LogP contribution in [0.2, 0.25) is 0 Å². The molecule has 5 rings (SSSR count). The van der Waals surface area contributed by atoms with Crippen molar-refractivity contribution in [1.82, 2.24) is 29.9 Å². The van der Waals surface area contributed by atoms with Crippen LogP contribution in [0.25, 0.3) is 22.5 Å². The molecule has 1 aliphatic rings. The second-order valence-corrected chi connectivity index (χ2v) is 9.36. The lowest BCUT2D eigenvalue weighted by Gasteiger charge is -2.31. The molecule has 180 valence electrons. The van der Waals surface area contributed by atoms with Crippen LogP contribution in [0.15, 0.2) is 49.1 Å². The quantitative estimate of drug-likeness (QED) is 0.419. The largest absolute Gasteiger partial charge is 0.393 e. The Morgan fingerprint density at radius 3 is 2.43 bits per heavy atom. The summed E-state index contributed by atoms with van der Waals surface area (Å²) in [5.74, 6) is -1.55. The minimum absolute atomic E-state index is 0.0451. The molecule has 1 saturated carbocycles. The van der Waals surface area contributed by atoms with Crippen molar-refractivity contribution in [3.63, 3.8) is 0 Å². The Hall–Kier alpha value is -3.59. The van der Waals surface area contributed by atoms with E-state index >= 15 is 0 Å². The number of aromatic nitrogens is 6. The van der Waals surface area contributed by atoms with Gasteiger partial charge in [0.05, 0.1) is 52.9 Å². The zero-order valence-electron chi connectivity index (χ0n) is 19.7. The maximum Gasteiger partial charge on any atom is 0.135 e. The fourth-order valence-corrected chi connectivity index (χ4v) is 4.39. The van der Waals surface area contributed by atoms with Crippen molar-refractivity contribution in [2.45, 2.75) is 57.6 Å². The summed E-state index contributed by atoms with van der Waals surface area (Å²) >= 11 is 0. The molecule has 0 saturated heterocycles. The Kier molecular flexibility index (Phi) is 6.10. The molecule has 0 aliphatic heterocycles. The molecule has 1 aliphatic carbocycles. The molecule has 1 atom stereocenters. The van der Waals surface area contributed by atoms with E-state index < -0.39 is 11.6 Å². The summed E-state index contributed by atoms with van der Waals surface area (Å²) in [7, 11) is 0. The Labute approximate surface area is 201 Å². The van der Waals surface area contributed by atoms with Gasteiger partial charge in [0.25, 0.3) is 0 Å². The van der Waals surface area contributed by atoms with Crippen molar-refractivity contribution in [1.29, 1.82) is 0 Å². The number of nitrogens with zero attached hydrogens (tertiary/aromatic N) is 6. The van der Waals surface area contributed by atoms with E-state index in [2.05, 4.69) is 20.3 Å². The zero-order chi connectivity index (χ0) is 24.7. The third-order valence-corrected chi connectivity index (χ3v) is 6.56. The van der Waals surface area contributed by atoms with Gasteiger partial charge in [-0.25, -0.2) is 13.8 Å². The lowest BCUT2D eigenvalue weighted by Crippen LogP contribution is -2.30. The van der Waals surface area contributed by atoms with Crippen LogP contribution in [0, 0.1) is 11.6 Å². The van der Waals surface area contributed by atoms with Crippen LogP contribution >= 0.6 is 0 Å². The highest BCUT2D eigenvalue weighted by Gasteiger charge is 2.29. The number of aliphatic hydroxyl groups is 1. The van der Waals surface area contributed by atoms with Crippen LogP contribution < -0.4 is 0 Å². The molecule has 0 spiro atoms. The van der Waals surface area contributed by atoms with Gasteiger partial charge in [0.2, 0.25) is 0 Å². The van der Waals surface area contributed by atoms with Crippen LogP contribution in [0.3, 0.4) is 0 Å². The number of hydrogen-bond acceptors (Lipinski definition) is 6. The molecule has 0 amide bonds. The van der Waals surface area contributed by atoms with Crippen molar-refractivity contribution < 1.29 is 13.9 Å². The maximum atomic E-state index is 14.4. The highest BCUT2D eigenvalue weighted by atomic mass is 19.1. The van der Waals surface area contributed by atoms with Gasteiger partial charge in [0, 0.05) is 23.9 Å². The highest BCUT2D eigenvalue weighted by molar-refractivity contribution is 5.62. The first-order valence-electron chi connectivity index (χ1n) is 11.7. The summed E-state index contributed by atoms with van der Waals surface area (Å²) < 4.78 is 30.6. The molecule has 0 radical (unpaired) electrons. The molecule has 1 N–H and O–H groups in total. The molecule has 1 unspecified atom stereocenters. The third kappa shape index (κ3) is 4.43. The normalized spacial score (nSPS) is 18.5. The predicted octanol–water partition coefficient (Wildman–Crippen LogP) is 5.05. The van der Waals surface area contributed by atoms with Crippen LogP contribution in [0.1, 0.15) is 68.4 Å². The number of hydrogen-bond donors (Lipinski definition) is 1. The van der Waals surface area contributed by atoms with Crippen molar-refractivity contribution in [3.05, 3.63) is 77.6 Å². The average molecular weight is 477 g/mol. The van der Waals surface area contributed by atoms with Gasteiger partial charge >= 0.3 is 0 Å². The van der Waals surface area contributed by atoms with Gasteiger partial charge in [-0.15, -0.1) is 0 Å². The van der Waals surface area contributed by atoms with Crippen molar-refractivity contribution in [3.8, 4) is 22.5 Å². The second kappa shape index (κ2) is 9.22. The van der Waals surface area contributed by atoms with E-state index in [0.717, 1.165) is 11.1 Å². The number of aliphatic hydroxyl groups excluding tert-OH is 1. The minimum Gasteiger partial charge on any atom is -0.393 e.